The summed E-state index contributed by atoms with van der Waals surface area (Å²) in [5.41, 5.74) is -1.88. The molecule has 0 spiro atoms. The third-order valence-electron chi connectivity index (χ3n) is 4.32. The second-order valence-corrected chi connectivity index (χ2v) is 6.90. The maximum absolute atomic E-state index is 12.5. The number of aliphatic hydroxyl groups is 1. The zero-order valence-electron chi connectivity index (χ0n) is 13.5. The maximum atomic E-state index is 12.5. The van der Waals surface area contributed by atoms with Crippen LogP contribution in [-0.2, 0) is 9.59 Å². The van der Waals surface area contributed by atoms with E-state index in [2.05, 4.69) is 0 Å². The largest absolute Gasteiger partial charge is 0.481 e. The Morgan fingerprint density at radius 3 is 2.05 bits per heavy atom. The van der Waals surface area contributed by atoms with Crippen molar-refractivity contribution >= 4 is 11.9 Å². The van der Waals surface area contributed by atoms with Crippen LogP contribution in [0.5, 0.6) is 0 Å². The molecule has 1 aliphatic carbocycles. The van der Waals surface area contributed by atoms with Crippen molar-refractivity contribution in [3.8, 4) is 0 Å². The molecule has 1 saturated carbocycles. The standard InChI is InChI=1S/C16H29NO4/c1-4-17(12-15(2,3)21)13(18)11-16(14(19)20)9-7-5-6-8-10-16/h21H,4-12H2,1-3H3,(H,19,20). The molecule has 0 aromatic heterocycles. The summed E-state index contributed by atoms with van der Waals surface area (Å²) in [6.45, 7) is 5.88. The Labute approximate surface area is 127 Å². The molecule has 0 aliphatic heterocycles. The number of likely N-dealkylation sites (N-methyl/N-ethyl adjacent to an activating group) is 1. The van der Waals surface area contributed by atoms with Crippen molar-refractivity contribution in [1.29, 1.82) is 0 Å². The first-order valence-electron chi connectivity index (χ1n) is 7.94. The topological polar surface area (TPSA) is 77.8 Å². The number of carboxylic acid groups (broad SMARTS) is 1. The Balaban J connectivity index is 2.82. The van der Waals surface area contributed by atoms with Gasteiger partial charge in [0.1, 0.15) is 0 Å². The number of hydrogen-bond donors (Lipinski definition) is 2. The smallest absolute Gasteiger partial charge is 0.310 e. The highest BCUT2D eigenvalue weighted by Crippen LogP contribution is 2.39. The van der Waals surface area contributed by atoms with Gasteiger partial charge in [-0.05, 0) is 33.6 Å². The average molecular weight is 299 g/mol. The van der Waals surface area contributed by atoms with Crippen molar-refractivity contribution < 1.29 is 19.8 Å². The van der Waals surface area contributed by atoms with Crippen LogP contribution in [0.2, 0.25) is 0 Å². The molecule has 0 radical (unpaired) electrons. The van der Waals surface area contributed by atoms with Crippen LogP contribution < -0.4 is 0 Å². The van der Waals surface area contributed by atoms with Gasteiger partial charge in [-0.25, -0.2) is 0 Å². The van der Waals surface area contributed by atoms with Crippen molar-refractivity contribution in [2.75, 3.05) is 13.1 Å². The summed E-state index contributed by atoms with van der Waals surface area (Å²) in [6.07, 6.45) is 5.04. The fourth-order valence-electron chi connectivity index (χ4n) is 3.12. The number of aliphatic carboxylic acids is 1. The molecule has 0 aromatic rings. The van der Waals surface area contributed by atoms with Gasteiger partial charge in [-0.3, -0.25) is 9.59 Å². The SMILES string of the molecule is CCN(CC(C)(C)O)C(=O)CC1(C(=O)O)CCCCCC1. The molecule has 0 heterocycles. The Hall–Kier alpha value is -1.10. The fourth-order valence-corrected chi connectivity index (χ4v) is 3.12. The third kappa shape index (κ3) is 5.30. The van der Waals surface area contributed by atoms with Crippen LogP contribution in [0.1, 0.15) is 65.7 Å². The molecule has 0 aromatic carbocycles. The summed E-state index contributed by atoms with van der Waals surface area (Å²) in [4.78, 5) is 25.8. The van der Waals surface area contributed by atoms with Crippen molar-refractivity contribution in [3.05, 3.63) is 0 Å². The number of amides is 1. The number of carboxylic acids is 1. The van der Waals surface area contributed by atoms with E-state index in [9.17, 15) is 19.8 Å². The Kier molecular flexibility index (Phi) is 6.20. The summed E-state index contributed by atoms with van der Waals surface area (Å²) < 4.78 is 0. The lowest BCUT2D eigenvalue weighted by molar-refractivity contribution is -0.155. The highest BCUT2D eigenvalue weighted by Gasteiger charge is 2.41. The molecule has 21 heavy (non-hydrogen) atoms. The van der Waals surface area contributed by atoms with Gasteiger partial charge in [-0.2, -0.15) is 0 Å². The van der Waals surface area contributed by atoms with E-state index in [1.54, 1.807) is 18.7 Å². The third-order valence-corrected chi connectivity index (χ3v) is 4.32. The summed E-state index contributed by atoms with van der Waals surface area (Å²) >= 11 is 0. The molecule has 122 valence electrons. The predicted molar refractivity (Wildman–Crippen MR) is 80.9 cm³/mol. The zero-order valence-corrected chi connectivity index (χ0v) is 13.5. The van der Waals surface area contributed by atoms with E-state index in [4.69, 9.17) is 0 Å². The van der Waals surface area contributed by atoms with Gasteiger partial charge in [-0.15, -0.1) is 0 Å². The van der Waals surface area contributed by atoms with Crippen LogP contribution in [0.4, 0.5) is 0 Å². The minimum atomic E-state index is -0.967. The van der Waals surface area contributed by atoms with Crippen molar-refractivity contribution in [2.24, 2.45) is 5.41 Å². The summed E-state index contributed by atoms with van der Waals surface area (Å²) in [7, 11) is 0. The lowest BCUT2D eigenvalue weighted by atomic mass is 9.77. The molecule has 1 fully saturated rings. The molecule has 1 amide bonds. The van der Waals surface area contributed by atoms with Crippen LogP contribution >= 0.6 is 0 Å². The van der Waals surface area contributed by atoms with Crippen LogP contribution in [-0.4, -0.2) is 45.7 Å². The van der Waals surface area contributed by atoms with Crippen LogP contribution in [0.3, 0.4) is 0 Å². The van der Waals surface area contributed by atoms with E-state index < -0.39 is 17.0 Å². The number of hydrogen-bond acceptors (Lipinski definition) is 3. The van der Waals surface area contributed by atoms with E-state index in [1.807, 2.05) is 6.92 Å². The second-order valence-electron chi connectivity index (χ2n) is 6.90. The first-order chi connectivity index (χ1) is 9.70. The molecule has 5 heteroatoms. The number of nitrogens with zero attached hydrogens (tertiary/aromatic N) is 1. The normalized spacial score (nSPS) is 18.9. The van der Waals surface area contributed by atoms with E-state index in [1.165, 1.54) is 0 Å². The maximum Gasteiger partial charge on any atom is 0.310 e. The van der Waals surface area contributed by atoms with Crippen molar-refractivity contribution in [3.63, 3.8) is 0 Å². The van der Waals surface area contributed by atoms with Gasteiger partial charge in [0, 0.05) is 19.5 Å². The van der Waals surface area contributed by atoms with Gasteiger partial charge in [-0.1, -0.05) is 25.7 Å². The molecule has 0 atom stereocenters. The number of rotatable bonds is 6. The zero-order chi connectivity index (χ0) is 16.1. The van der Waals surface area contributed by atoms with Gasteiger partial charge in [0.15, 0.2) is 0 Å². The first-order valence-corrected chi connectivity index (χ1v) is 7.94. The second kappa shape index (κ2) is 7.25. The van der Waals surface area contributed by atoms with Gasteiger partial charge in [0.2, 0.25) is 5.91 Å². The first kappa shape index (κ1) is 18.0. The molecule has 0 saturated heterocycles. The molecule has 1 aliphatic rings. The Morgan fingerprint density at radius 2 is 1.67 bits per heavy atom. The quantitative estimate of drug-likeness (QED) is 0.738. The summed E-state index contributed by atoms with van der Waals surface area (Å²) in [5.74, 6) is -1.01. The van der Waals surface area contributed by atoms with Gasteiger partial charge in [0.05, 0.1) is 11.0 Å². The lowest BCUT2D eigenvalue weighted by Crippen LogP contribution is -2.45. The highest BCUT2D eigenvalue weighted by molar-refractivity contribution is 5.85. The fraction of sp³-hybridized carbons (Fsp3) is 0.875. The predicted octanol–water partition coefficient (Wildman–Crippen LogP) is 2.42. The van der Waals surface area contributed by atoms with Crippen LogP contribution in [0, 0.1) is 5.41 Å². The van der Waals surface area contributed by atoms with Gasteiger partial charge in [0.25, 0.3) is 0 Å². The van der Waals surface area contributed by atoms with Crippen molar-refractivity contribution in [2.45, 2.75) is 71.3 Å². The monoisotopic (exact) mass is 299 g/mol. The molecule has 0 unspecified atom stereocenters. The molecular weight excluding hydrogens is 270 g/mol. The number of carbonyl (C=O) groups excluding carboxylic acids is 1. The molecular formula is C16H29NO4. The van der Waals surface area contributed by atoms with Crippen LogP contribution in [0.15, 0.2) is 0 Å². The van der Waals surface area contributed by atoms with Crippen LogP contribution in [0.25, 0.3) is 0 Å². The van der Waals surface area contributed by atoms with Gasteiger partial charge < -0.3 is 15.1 Å². The minimum absolute atomic E-state index is 0.0479. The Bertz CT molecular complexity index is 365. The molecule has 1 rings (SSSR count). The molecule has 5 nitrogen and oxygen atoms in total. The summed E-state index contributed by atoms with van der Waals surface area (Å²) in [5, 5.41) is 19.5. The van der Waals surface area contributed by atoms with Crippen molar-refractivity contribution in [1.82, 2.24) is 4.90 Å². The minimum Gasteiger partial charge on any atom is -0.481 e. The van der Waals surface area contributed by atoms with E-state index in [0.717, 1.165) is 25.7 Å². The van der Waals surface area contributed by atoms with Gasteiger partial charge >= 0.3 is 5.97 Å². The highest BCUT2D eigenvalue weighted by atomic mass is 16.4. The average Bonchev–Trinajstić information content (AvgIpc) is 2.61. The lowest BCUT2D eigenvalue weighted by Gasteiger charge is -2.33. The van der Waals surface area contributed by atoms with E-state index in [-0.39, 0.29) is 18.9 Å². The molecule has 2 N–H and O–H groups in total. The summed E-state index contributed by atoms with van der Waals surface area (Å²) in [6, 6.07) is 0. The molecule has 0 bridgehead atoms. The van der Waals surface area contributed by atoms with E-state index in [0.29, 0.717) is 19.4 Å². The Morgan fingerprint density at radius 1 is 1.14 bits per heavy atom. The number of carbonyl (C=O) groups is 2. The van der Waals surface area contributed by atoms with E-state index >= 15 is 0 Å².